The summed E-state index contributed by atoms with van der Waals surface area (Å²) in [5.41, 5.74) is 0. The highest BCUT2D eigenvalue weighted by Crippen LogP contribution is 2.23. The van der Waals surface area contributed by atoms with E-state index in [-0.39, 0.29) is 11.8 Å². The van der Waals surface area contributed by atoms with Gasteiger partial charge in [-0.25, -0.2) is 0 Å². The van der Waals surface area contributed by atoms with Crippen LogP contribution < -0.4 is 15.1 Å². The molecule has 1 amide bonds. The van der Waals surface area contributed by atoms with Crippen LogP contribution in [0.3, 0.4) is 0 Å². The predicted molar refractivity (Wildman–Crippen MR) is 103 cm³/mol. The summed E-state index contributed by atoms with van der Waals surface area (Å²) in [6.45, 7) is 5.25. The van der Waals surface area contributed by atoms with Crippen molar-refractivity contribution in [3.63, 3.8) is 0 Å². The maximum Gasteiger partial charge on any atom is 0.223 e. The Kier molecular flexibility index (Phi) is 7.05. The van der Waals surface area contributed by atoms with Crippen molar-refractivity contribution >= 4 is 17.5 Å². The van der Waals surface area contributed by atoms with Crippen molar-refractivity contribution in [2.75, 3.05) is 56.2 Å². The van der Waals surface area contributed by atoms with E-state index in [1.807, 2.05) is 0 Å². The molecule has 2 saturated heterocycles. The first-order chi connectivity index (χ1) is 12.8. The fourth-order valence-corrected chi connectivity index (χ4v) is 3.72. The van der Waals surface area contributed by atoms with E-state index in [1.54, 1.807) is 7.11 Å². The van der Waals surface area contributed by atoms with Gasteiger partial charge >= 0.3 is 0 Å². The lowest BCUT2D eigenvalue weighted by Crippen LogP contribution is -2.41. The van der Waals surface area contributed by atoms with Crippen LogP contribution in [0.25, 0.3) is 0 Å². The number of piperidine rings is 2. The molecular formula is C19H31N5O2. The Bertz CT molecular complexity index is 552. The third-order valence-corrected chi connectivity index (χ3v) is 5.33. The molecule has 1 N–H and O–H groups in total. The number of nitrogens with one attached hydrogen (secondary N) is 1. The first kappa shape index (κ1) is 18.9. The van der Waals surface area contributed by atoms with E-state index in [4.69, 9.17) is 4.74 Å². The molecule has 1 aromatic rings. The maximum atomic E-state index is 12.2. The van der Waals surface area contributed by atoms with Gasteiger partial charge < -0.3 is 19.9 Å². The van der Waals surface area contributed by atoms with Crippen molar-refractivity contribution < 1.29 is 9.53 Å². The van der Waals surface area contributed by atoms with Gasteiger partial charge in [0.1, 0.15) is 0 Å². The summed E-state index contributed by atoms with van der Waals surface area (Å²) in [6, 6.07) is 4.16. The second-order valence-electron chi connectivity index (χ2n) is 7.20. The van der Waals surface area contributed by atoms with E-state index in [0.717, 1.165) is 57.1 Å². The van der Waals surface area contributed by atoms with Crippen molar-refractivity contribution in [3.8, 4) is 0 Å². The van der Waals surface area contributed by atoms with Gasteiger partial charge in [0.05, 0.1) is 0 Å². The molecule has 2 aliphatic heterocycles. The summed E-state index contributed by atoms with van der Waals surface area (Å²) in [7, 11) is 1.68. The third kappa shape index (κ3) is 5.06. The smallest absolute Gasteiger partial charge is 0.223 e. The molecule has 0 aromatic carbocycles. The minimum atomic E-state index is 0.106. The van der Waals surface area contributed by atoms with Gasteiger partial charge in [0, 0.05) is 52.4 Å². The Labute approximate surface area is 156 Å². The monoisotopic (exact) mass is 361 g/mol. The SMILES string of the molecule is COCCCNC(=O)C1CCN(c2ccc(N3CCCCC3)nn2)CC1. The Balaban J connectivity index is 1.44. The quantitative estimate of drug-likeness (QED) is 0.747. The molecule has 0 unspecified atom stereocenters. The molecule has 0 saturated carbocycles. The number of amides is 1. The Morgan fingerprint density at radius 1 is 1.08 bits per heavy atom. The lowest BCUT2D eigenvalue weighted by Gasteiger charge is -2.32. The summed E-state index contributed by atoms with van der Waals surface area (Å²) in [5.74, 6) is 2.19. The normalized spacial score (nSPS) is 18.8. The largest absolute Gasteiger partial charge is 0.385 e. The summed E-state index contributed by atoms with van der Waals surface area (Å²) >= 11 is 0. The maximum absolute atomic E-state index is 12.2. The highest BCUT2D eigenvalue weighted by Gasteiger charge is 2.25. The molecule has 3 rings (SSSR count). The number of hydrogen-bond donors (Lipinski definition) is 1. The van der Waals surface area contributed by atoms with Gasteiger partial charge in [-0.1, -0.05) is 0 Å². The number of ether oxygens (including phenoxy) is 1. The average molecular weight is 361 g/mol. The number of hydrogen-bond acceptors (Lipinski definition) is 6. The topological polar surface area (TPSA) is 70.6 Å². The van der Waals surface area contributed by atoms with Gasteiger partial charge in [0.2, 0.25) is 5.91 Å². The molecular weight excluding hydrogens is 330 g/mol. The second kappa shape index (κ2) is 9.71. The van der Waals surface area contributed by atoms with E-state index in [2.05, 4.69) is 37.4 Å². The number of carbonyl (C=O) groups excluding carboxylic acids is 1. The molecule has 0 atom stereocenters. The van der Waals surface area contributed by atoms with Crippen LogP contribution in [0, 0.1) is 5.92 Å². The van der Waals surface area contributed by atoms with Gasteiger partial charge in [0.15, 0.2) is 11.6 Å². The van der Waals surface area contributed by atoms with E-state index in [0.29, 0.717) is 13.2 Å². The minimum Gasteiger partial charge on any atom is -0.385 e. The second-order valence-corrected chi connectivity index (χ2v) is 7.20. The number of methoxy groups -OCH3 is 1. The zero-order chi connectivity index (χ0) is 18.2. The average Bonchev–Trinajstić information content (AvgIpc) is 2.72. The first-order valence-corrected chi connectivity index (χ1v) is 9.88. The third-order valence-electron chi connectivity index (χ3n) is 5.33. The molecule has 2 aliphatic rings. The first-order valence-electron chi connectivity index (χ1n) is 9.88. The molecule has 7 nitrogen and oxygen atoms in total. The van der Waals surface area contributed by atoms with Crippen LogP contribution in [0.2, 0.25) is 0 Å². The van der Waals surface area contributed by atoms with Crippen LogP contribution in [0.5, 0.6) is 0 Å². The molecule has 0 spiro atoms. The van der Waals surface area contributed by atoms with Gasteiger partial charge in [-0.2, -0.15) is 0 Å². The van der Waals surface area contributed by atoms with Crippen molar-refractivity contribution in [1.29, 1.82) is 0 Å². The van der Waals surface area contributed by atoms with Crippen LogP contribution >= 0.6 is 0 Å². The van der Waals surface area contributed by atoms with Gasteiger partial charge in [-0.3, -0.25) is 4.79 Å². The van der Waals surface area contributed by atoms with E-state index >= 15 is 0 Å². The molecule has 2 fully saturated rings. The number of rotatable bonds is 7. The fourth-order valence-electron chi connectivity index (χ4n) is 3.72. The van der Waals surface area contributed by atoms with Gasteiger partial charge in [-0.15, -0.1) is 10.2 Å². The van der Waals surface area contributed by atoms with Crippen LogP contribution in [-0.4, -0.2) is 62.5 Å². The van der Waals surface area contributed by atoms with Crippen molar-refractivity contribution in [2.24, 2.45) is 5.92 Å². The van der Waals surface area contributed by atoms with Gasteiger partial charge in [0.25, 0.3) is 0 Å². The van der Waals surface area contributed by atoms with E-state index in [9.17, 15) is 4.79 Å². The number of anilines is 2. The summed E-state index contributed by atoms with van der Waals surface area (Å²) < 4.78 is 5.01. The zero-order valence-corrected chi connectivity index (χ0v) is 15.8. The highest BCUT2D eigenvalue weighted by atomic mass is 16.5. The van der Waals surface area contributed by atoms with Gasteiger partial charge in [-0.05, 0) is 50.7 Å². The molecule has 0 radical (unpaired) electrons. The van der Waals surface area contributed by atoms with Crippen molar-refractivity contribution in [2.45, 2.75) is 38.5 Å². The minimum absolute atomic E-state index is 0.106. The zero-order valence-electron chi connectivity index (χ0n) is 15.8. The Morgan fingerprint density at radius 3 is 2.27 bits per heavy atom. The molecule has 7 heteroatoms. The standard InChI is InChI=1S/C19H31N5O2/c1-26-15-5-10-20-19(25)16-8-13-24(14-9-16)18-7-6-17(21-22-18)23-11-3-2-4-12-23/h6-7,16H,2-5,8-15H2,1H3,(H,20,25). The lowest BCUT2D eigenvalue weighted by molar-refractivity contribution is -0.125. The number of aromatic nitrogens is 2. The van der Waals surface area contributed by atoms with Crippen LogP contribution in [-0.2, 0) is 9.53 Å². The molecule has 0 aliphatic carbocycles. The Morgan fingerprint density at radius 2 is 1.69 bits per heavy atom. The van der Waals surface area contributed by atoms with Crippen LogP contribution in [0.4, 0.5) is 11.6 Å². The molecule has 3 heterocycles. The summed E-state index contributed by atoms with van der Waals surface area (Å²) in [5, 5.41) is 11.9. The van der Waals surface area contributed by atoms with Crippen molar-refractivity contribution in [3.05, 3.63) is 12.1 Å². The molecule has 0 bridgehead atoms. The Hall–Kier alpha value is -1.89. The lowest BCUT2D eigenvalue weighted by atomic mass is 9.96. The van der Waals surface area contributed by atoms with E-state index in [1.165, 1.54) is 19.3 Å². The molecule has 144 valence electrons. The predicted octanol–water partition coefficient (Wildman–Crippen LogP) is 1.84. The number of carbonyl (C=O) groups is 1. The van der Waals surface area contributed by atoms with Crippen molar-refractivity contribution in [1.82, 2.24) is 15.5 Å². The number of nitrogens with zero attached hydrogens (tertiary/aromatic N) is 4. The van der Waals surface area contributed by atoms with Crippen LogP contribution in [0.15, 0.2) is 12.1 Å². The fraction of sp³-hybridized carbons (Fsp3) is 0.737. The summed E-state index contributed by atoms with van der Waals surface area (Å²) in [4.78, 5) is 16.8. The molecule has 26 heavy (non-hydrogen) atoms. The molecule has 1 aromatic heterocycles. The van der Waals surface area contributed by atoms with Crippen LogP contribution in [0.1, 0.15) is 38.5 Å². The summed E-state index contributed by atoms with van der Waals surface area (Å²) in [6.07, 6.45) is 6.39. The highest BCUT2D eigenvalue weighted by molar-refractivity contribution is 5.78. The van der Waals surface area contributed by atoms with E-state index < -0.39 is 0 Å².